The summed E-state index contributed by atoms with van der Waals surface area (Å²) in [6.45, 7) is 11.3. The second-order valence-electron chi connectivity index (χ2n) is 8.87. The number of hydrogen-bond donors (Lipinski definition) is 2. The van der Waals surface area contributed by atoms with Crippen LogP contribution in [0.1, 0.15) is 62.7 Å². The lowest BCUT2D eigenvalue weighted by atomic mass is 9.96. The fraction of sp³-hybridized carbons (Fsp3) is 0.400. The van der Waals surface area contributed by atoms with Crippen molar-refractivity contribution in [1.82, 2.24) is 9.97 Å². The second kappa shape index (κ2) is 10.2. The SMILES string of the molecule is CCCC#C[C@@H](Nc1cc(Cl)c2ncc(C#N)c(NCC(C)(C)C)c2c1)c1ncsc1C. The van der Waals surface area contributed by atoms with Crippen molar-refractivity contribution >= 4 is 45.2 Å². The summed E-state index contributed by atoms with van der Waals surface area (Å²) in [5, 5.41) is 17.9. The van der Waals surface area contributed by atoms with E-state index in [1.807, 2.05) is 24.6 Å². The Bertz CT molecular complexity index is 1210. The van der Waals surface area contributed by atoms with E-state index in [-0.39, 0.29) is 11.5 Å². The minimum absolute atomic E-state index is 0.0457. The normalized spacial score (nSPS) is 12.0. The van der Waals surface area contributed by atoms with Gasteiger partial charge in [-0.15, -0.1) is 17.3 Å². The molecule has 0 aliphatic heterocycles. The van der Waals surface area contributed by atoms with Crippen molar-refractivity contribution in [2.45, 2.75) is 53.5 Å². The third-order valence-electron chi connectivity index (χ3n) is 4.83. The maximum absolute atomic E-state index is 9.66. The van der Waals surface area contributed by atoms with E-state index in [0.717, 1.165) is 40.2 Å². The first-order chi connectivity index (χ1) is 15.2. The van der Waals surface area contributed by atoms with Crippen LogP contribution in [0.25, 0.3) is 10.9 Å². The molecule has 0 radical (unpaired) electrons. The molecule has 2 aromatic heterocycles. The highest BCUT2D eigenvalue weighted by Crippen LogP contribution is 2.35. The number of nitriles is 1. The summed E-state index contributed by atoms with van der Waals surface area (Å²) in [5.41, 5.74) is 5.51. The lowest BCUT2D eigenvalue weighted by Gasteiger charge is -2.22. The van der Waals surface area contributed by atoms with Gasteiger partial charge < -0.3 is 10.6 Å². The molecule has 0 unspecified atom stereocenters. The predicted molar refractivity (Wildman–Crippen MR) is 135 cm³/mol. The largest absolute Gasteiger partial charge is 0.383 e. The van der Waals surface area contributed by atoms with Gasteiger partial charge in [0, 0.05) is 35.1 Å². The summed E-state index contributed by atoms with van der Waals surface area (Å²) in [7, 11) is 0. The van der Waals surface area contributed by atoms with Gasteiger partial charge in [0.2, 0.25) is 0 Å². The standard InChI is InChI=1S/C25H28ClN5S/c1-6-7-8-9-21(22-16(2)32-15-30-22)31-18-10-19-23(29-14-25(3,4)5)17(12-27)13-28-24(19)20(26)11-18/h10-11,13,15,21,31H,6-7,14H2,1-5H3,(H,28,29)/t21-/m1/s1. The van der Waals surface area contributed by atoms with Crippen LogP contribution >= 0.6 is 22.9 Å². The zero-order valence-electron chi connectivity index (χ0n) is 19.1. The van der Waals surface area contributed by atoms with Gasteiger partial charge in [-0.05, 0) is 30.9 Å². The maximum atomic E-state index is 9.66. The third kappa shape index (κ3) is 5.71. The third-order valence-corrected chi connectivity index (χ3v) is 5.89. The van der Waals surface area contributed by atoms with E-state index in [1.165, 1.54) is 0 Å². The molecule has 1 atom stereocenters. The second-order valence-corrected chi connectivity index (χ2v) is 10.3. The molecular weight excluding hydrogens is 438 g/mol. The van der Waals surface area contributed by atoms with Crippen LogP contribution in [-0.4, -0.2) is 16.5 Å². The Labute approximate surface area is 199 Å². The van der Waals surface area contributed by atoms with Crippen LogP contribution in [-0.2, 0) is 0 Å². The van der Waals surface area contributed by atoms with Gasteiger partial charge in [0.05, 0.1) is 33.0 Å². The van der Waals surface area contributed by atoms with Crippen LogP contribution in [0.4, 0.5) is 11.4 Å². The molecule has 0 aliphatic rings. The number of pyridine rings is 1. The molecule has 2 N–H and O–H groups in total. The van der Waals surface area contributed by atoms with Gasteiger partial charge in [0.25, 0.3) is 0 Å². The minimum Gasteiger partial charge on any atom is -0.383 e. The van der Waals surface area contributed by atoms with E-state index in [2.05, 4.69) is 66.2 Å². The molecule has 5 nitrogen and oxygen atoms in total. The topological polar surface area (TPSA) is 73.6 Å². The number of benzene rings is 1. The summed E-state index contributed by atoms with van der Waals surface area (Å²) >= 11 is 8.23. The van der Waals surface area contributed by atoms with Crippen LogP contribution in [0.2, 0.25) is 5.02 Å². The van der Waals surface area contributed by atoms with E-state index in [9.17, 15) is 5.26 Å². The van der Waals surface area contributed by atoms with Crippen LogP contribution in [0, 0.1) is 35.5 Å². The van der Waals surface area contributed by atoms with Crippen molar-refractivity contribution in [3.8, 4) is 17.9 Å². The number of thiazole rings is 1. The number of fused-ring (bicyclic) bond motifs is 1. The molecule has 0 amide bonds. The van der Waals surface area contributed by atoms with Crippen molar-refractivity contribution in [3.05, 3.63) is 45.0 Å². The van der Waals surface area contributed by atoms with Gasteiger partial charge in [0.1, 0.15) is 12.1 Å². The highest BCUT2D eigenvalue weighted by molar-refractivity contribution is 7.09. The first-order valence-corrected chi connectivity index (χ1v) is 11.9. The Balaban J connectivity index is 2.07. The van der Waals surface area contributed by atoms with Crippen molar-refractivity contribution in [3.63, 3.8) is 0 Å². The van der Waals surface area contributed by atoms with Crippen molar-refractivity contribution in [2.75, 3.05) is 17.2 Å². The van der Waals surface area contributed by atoms with Crippen LogP contribution < -0.4 is 10.6 Å². The molecule has 0 bridgehead atoms. The average molecular weight is 466 g/mol. The van der Waals surface area contributed by atoms with E-state index >= 15 is 0 Å². The summed E-state index contributed by atoms with van der Waals surface area (Å²) < 4.78 is 0. The lowest BCUT2D eigenvalue weighted by Crippen LogP contribution is -2.19. The van der Waals surface area contributed by atoms with Gasteiger partial charge in [-0.25, -0.2) is 4.98 Å². The van der Waals surface area contributed by atoms with E-state index in [0.29, 0.717) is 22.6 Å². The molecule has 32 heavy (non-hydrogen) atoms. The van der Waals surface area contributed by atoms with Gasteiger partial charge >= 0.3 is 0 Å². The van der Waals surface area contributed by atoms with Gasteiger partial charge in [-0.1, -0.05) is 45.2 Å². The number of anilines is 2. The molecule has 3 rings (SSSR count). The van der Waals surface area contributed by atoms with Gasteiger partial charge in [0.15, 0.2) is 0 Å². The Morgan fingerprint density at radius 2 is 2.03 bits per heavy atom. The number of nitrogens with one attached hydrogen (secondary N) is 2. The molecular formula is C25H28ClN5S. The molecule has 7 heteroatoms. The fourth-order valence-corrected chi connectivity index (χ4v) is 4.09. The number of nitrogens with zero attached hydrogens (tertiary/aromatic N) is 3. The molecule has 2 heterocycles. The molecule has 0 saturated carbocycles. The molecule has 0 spiro atoms. The monoisotopic (exact) mass is 465 g/mol. The maximum Gasteiger partial charge on any atom is 0.132 e. The molecule has 166 valence electrons. The lowest BCUT2D eigenvalue weighted by molar-refractivity contribution is 0.443. The Kier molecular flexibility index (Phi) is 7.61. The first-order valence-electron chi connectivity index (χ1n) is 10.6. The molecule has 0 aliphatic carbocycles. The van der Waals surface area contributed by atoms with E-state index in [1.54, 1.807) is 17.5 Å². The zero-order valence-corrected chi connectivity index (χ0v) is 20.7. The van der Waals surface area contributed by atoms with E-state index in [4.69, 9.17) is 11.6 Å². The Hall–Kier alpha value is -2.80. The Morgan fingerprint density at radius 1 is 1.25 bits per heavy atom. The van der Waals surface area contributed by atoms with Crippen LogP contribution in [0.5, 0.6) is 0 Å². The number of aryl methyl sites for hydroxylation is 1. The fourth-order valence-electron chi connectivity index (χ4n) is 3.20. The molecule has 0 fully saturated rings. The van der Waals surface area contributed by atoms with Gasteiger partial charge in [-0.3, -0.25) is 4.98 Å². The quantitative estimate of drug-likeness (QED) is 0.385. The highest BCUT2D eigenvalue weighted by atomic mass is 35.5. The van der Waals surface area contributed by atoms with Crippen LogP contribution in [0.15, 0.2) is 23.8 Å². The summed E-state index contributed by atoms with van der Waals surface area (Å²) in [6.07, 6.45) is 3.41. The van der Waals surface area contributed by atoms with Gasteiger partial charge in [-0.2, -0.15) is 5.26 Å². The number of rotatable bonds is 6. The summed E-state index contributed by atoms with van der Waals surface area (Å²) in [5.74, 6) is 6.56. The summed E-state index contributed by atoms with van der Waals surface area (Å²) in [4.78, 5) is 10.1. The number of aromatic nitrogens is 2. The minimum atomic E-state index is -0.251. The number of hydrogen-bond acceptors (Lipinski definition) is 6. The summed E-state index contributed by atoms with van der Waals surface area (Å²) in [6, 6.07) is 5.83. The highest BCUT2D eigenvalue weighted by Gasteiger charge is 2.18. The average Bonchev–Trinajstić information content (AvgIpc) is 3.16. The first kappa shape index (κ1) is 23.9. The predicted octanol–water partition coefficient (Wildman–Crippen LogP) is 6.94. The van der Waals surface area contributed by atoms with Crippen molar-refractivity contribution in [1.29, 1.82) is 5.26 Å². The van der Waals surface area contributed by atoms with Crippen molar-refractivity contribution in [2.24, 2.45) is 5.41 Å². The Morgan fingerprint density at radius 3 is 2.66 bits per heavy atom. The molecule has 0 saturated heterocycles. The van der Waals surface area contributed by atoms with Crippen LogP contribution in [0.3, 0.4) is 0 Å². The number of halogens is 1. The zero-order chi connectivity index (χ0) is 23.3. The smallest absolute Gasteiger partial charge is 0.132 e. The molecule has 3 aromatic rings. The van der Waals surface area contributed by atoms with E-state index < -0.39 is 0 Å². The number of unbranched alkanes of at least 4 members (excludes halogenated alkanes) is 1. The molecule has 1 aromatic carbocycles. The van der Waals surface area contributed by atoms with Crippen molar-refractivity contribution < 1.29 is 0 Å².